The number of piperidine rings is 1. The summed E-state index contributed by atoms with van der Waals surface area (Å²) in [7, 11) is 3.24. The first-order valence-corrected chi connectivity index (χ1v) is 9.31. The fourth-order valence-electron chi connectivity index (χ4n) is 3.39. The second-order valence-corrected chi connectivity index (χ2v) is 6.97. The minimum Gasteiger partial charge on any atom is -0.493 e. The average Bonchev–Trinajstić information content (AvgIpc) is 2.71. The number of methoxy groups -OCH3 is 2. The van der Waals surface area contributed by atoms with Crippen molar-refractivity contribution in [3.63, 3.8) is 0 Å². The molecule has 0 radical (unpaired) electrons. The molecule has 0 saturated carbocycles. The van der Waals surface area contributed by atoms with E-state index in [-0.39, 0.29) is 5.91 Å². The topological polar surface area (TPSA) is 63.7 Å². The Kier molecular flexibility index (Phi) is 6.16. The maximum absolute atomic E-state index is 12.7. The van der Waals surface area contributed by atoms with Crippen molar-refractivity contribution in [3.05, 3.63) is 47.8 Å². The Balaban J connectivity index is 1.66. The number of pyridine rings is 1. The third-order valence-corrected chi connectivity index (χ3v) is 4.87. The van der Waals surface area contributed by atoms with E-state index in [1.165, 1.54) is 6.42 Å². The van der Waals surface area contributed by atoms with E-state index >= 15 is 0 Å². The summed E-state index contributed by atoms with van der Waals surface area (Å²) in [5.41, 5.74) is 2.41. The first-order valence-electron chi connectivity index (χ1n) is 9.31. The molecule has 2 heterocycles. The number of benzene rings is 1. The number of ether oxygens (including phenoxy) is 2. The van der Waals surface area contributed by atoms with Crippen LogP contribution < -0.4 is 14.8 Å². The van der Waals surface area contributed by atoms with Crippen LogP contribution in [0.15, 0.2) is 36.5 Å². The predicted molar refractivity (Wildman–Crippen MR) is 105 cm³/mol. The number of hydrogen-bond donors (Lipinski definition) is 1. The Hall–Kier alpha value is -2.76. The molecule has 1 amide bonds. The van der Waals surface area contributed by atoms with Crippen molar-refractivity contribution in [2.45, 2.75) is 26.3 Å². The maximum Gasteiger partial charge on any atom is 0.272 e. The standard InChI is InChI=1S/C21H27N3O3/c1-15-5-4-10-24(14-15)21(25)18-12-17(8-9-22-18)23-13-16-6-7-19(26-2)20(11-16)27-3/h6-9,11-12,15H,4-5,10,13-14H2,1-3H3,(H,22,23). The summed E-state index contributed by atoms with van der Waals surface area (Å²) in [6, 6.07) is 9.50. The van der Waals surface area contributed by atoms with Gasteiger partial charge in [-0.1, -0.05) is 13.0 Å². The van der Waals surface area contributed by atoms with Gasteiger partial charge in [-0.15, -0.1) is 0 Å². The van der Waals surface area contributed by atoms with Crippen LogP contribution in [-0.4, -0.2) is 43.1 Å². The predicted octanol–water partition coefficient (Wildman–Crippen LogP) is 3.58. The summed E-state index contributed by atoms with van der Waals surface area (Å²) in [5, 5.41) is 3.35. The van der Waals surface area contributed by atoms with Crippen molar-refractivity contribution in [2.24, 2.45) is 5.92 Å². The molecule has 1 aromatic heterocycles. The highest BCUT2D eigenvalue weighted by Crippen LogP contribution is 2.28. The van der Waals surface area contributed by atoms with Crippen LogP contribution in [0.3, 0.4) is 0 Å². The molecular formula is C21H27N3O3. The maximum atomic E-state index is 12.7. The zero-order valence-corrected chi connectivity index (χ0v) is 16.2. The Morgan fingerprint density at radius 3 is 2.78 bits per heavy atom. The summed E-state index contributed by atoms with van der Waals surface area (Å²) < 4.78 is 10.6. The van der Waals surface area contributed by atoms with Gasteiger partial charge in [0.1, 0.15) is 5.69 Å². The van der Waals surface area contributed by atoms with Gasteiger partial charge in [0.05, 0.1) is 14.2 Å². The van der Waals surface area contributed by atoms with E-state index in [9.17, 15) is 4.79 Å². The van der Waals surface area contributed by atoms with Gasteiger partial charge in [-0.3, -0.25) is 9.78 Å². The van der Waals surface area contributed by atoms with Gasteiger partial charge >= 0.3 is 0 Å². The molecule has 27 heavy (non-hydrogen) atoms. The van der Waals surface area contributed by atoms with Gasteiger partial charge < -0.3 is 19.7 Å². The van der Waals surface area contributed by atoms with Crippen molar-refractivity contribution >= 4 is 11.6 Å². The molecule has 6 heteroatoms. The van der Waals surface area contributed by atoms with E-state index in [4.69, 9.17) is 9.47 Å². The SMILES string of the molecule is COc1ccc(CNc2ccnc(C(=O)N3CCCC(C)C3)c2)cc1OC. The summed E-state index contributed by atoms with van der Waals surface area (Å²) in [5.74, 6) is 1.96. The van der Waals surface area contributed by atoms with Gasteiger partial charge in [-0.05, 0) is 48.6 Å². The Bertz CT molecular complexity index is 794. The molecule has 2 aromatic rings. The van der Waals surface area contributed by atoms with Crippen LogP contribution in [0.1, 0.15) is 35.8 Å². The van der Waals surface area contributed by atoms with Gasteiger partial charge in [0.25, 0.3) is 5.91 Å². The summed E-state index contributed by atoms with van der Waals surface area (Å²) >= 11 is 0. The van der Waals surface area contributed by atoms with Crippen molar-refractivity contribution in [3.8, 4) is 11.5 Å². The highest BCUT2D eigenvalue weighted by Gasteiger charge is 2.23. The third-order valence-electron chi connectivity index (χ3n) is 4.87. The molecule has 1 unspecified atom stereocenters. The van der Waals surface area contributed by atoms with Gasteiger partial charge in [-0.25, -0.2) is 0 Å². The average molecular weight is 369 g/mol. The van der Waals surface area contributed by atoms with Crippen molar-refractivity contribution in [2.75, 3.05) is 32.6 Å². The Morgan fingerprint density at radius 1 is 1.22 bits per heavy atom. The summed E-state index contributed by atoms with van der Waals surface area (Å²) in [4.78, 5) is 18.9. The zero-order valence-electron chi connectivity index (χ0n) is 16.2. The largest absolute Gasteiger partial charge is 0.493 e. The van der Waals surface area contributed by atoms with Crippen LogP contribution in [0.25, 0.3) is 0 Å². The molecule has 1 saturated heterocycles. The first kappa shape index (κ1) is 19.0. The Morgan fingerprint density at radius 2 is 2.04 bits per heavy atom. The number of anilines is 1. The van der Waals surface area contributed by atoms with Crippen LogP contribution in [0.5, 0.6) is 11.5 Å². The molecule has 1 N–H and O–H groups in total. The van der Waals surface area contributed by atoms with Crippen molar-refractivity contribution in [1.29, 1.82) is 0 Å². The van der Waals surface area contributed by atoms with Crippen LogP contribution in [-0.2, 0) is 6.54 Å². The monoisotopic (exact) mass is 369 g/mol. The number of nitrogens with one attached hydrogen (secondary N) is 1. The number of amides is 1. The van der Waals surface area contributed by atoms with E-state index < -0.39 is 0 Å². The molecule has 1 atom stereocenters. The summed E-state index contributed by atoms with van der Waals surface area (Å²) in [6.45, 7) is 4.42. The molecule has 1 aliphatic rings. The van der Waals surface area contributed by atoms with Crippen LogP contribution in [0.4, 0.5) is 5.69 Å². The lowest BCUT2D eigenvalue weighted by Gasteiger charge is -2.30. The van der Waals surface area contributed by atoms with E-state index in [0.717, 1.165) is 30.8 Å². The second-order valence-electron chi connectivity index (χ2n) is 6.97. The van der Waals surface area contributed by atoms with E-state index in [2.05, 4.69) is 17.2 Å². The number of nitrogens with zero attached hydrogens (tertiary/aromatic N) is 2. The molecule has 1 fully saturated rings. The molecule has 3 rings (SSSR count). The van der Waals surface area contributed by atoms with Crippen molar-refractivity contribution in [1.82, 2.24) is 9.88 Å². The molecule has 1 aliphatic heterocycles. The van der Waals surface area contributed by atoms with Crippen LogP contribution in [0, 0.1) is 5.92 Å². The lowest BCUT2D eigenvalue weighted by atomic mass is 10.00. The number of likely N-dealkylation sites (tertiary alicyclic amines) is 1. The lowest BCUT2D eigenvalue weighted by molar-refractivity contribution is 0.0677. The molecule has 144 valence electrons. The van der Waals surface area contributed by atoms with Gasteiger partial charge in [0, 0.05) is 31.5 Å². The van der Waals surface area contributed by atoms with E-state index in [1.807, 2.05) is 35.2 Å². The first-order chi connectivity index (χ1) is 13.1. The zero-order chi connectivity index (χ0) is 19.2. The minimum absolute atomic E-state index is 0.0105. The fraction of sp³-hybridized carbons (Fsp3) is 0.429. The number of carbonyl (C=O) groups excluding carboxylic acids is 1. The number of carbonyl (C=O) groups is 1. The van der Waals surface area contributed by atoms with Gasteiger partial charge in [0.2, 0.25) is 0 Å². The molecule has 6 nitrogen and oxygen atoms in total. The van der Waals surface area contributed by atoms with E-state index in [0.29, 0.717) is 29.7 Å². The quantitative estimate of drug-likeness (QED) is 0.843. The van der Waals surface area contributed by atoms with Gasteiger partial charge in [0.15, 0.2) is 11.5 Å². The van der Waals surface area contributed by atoms with Gasteiger partial charge in [-0.2, -0.15) is 0 Å². The normalized spacial score (nSPS) is 16.7. The molecule has 1 aromatic carbocycles. The number of aromatic nitrogens is 1. The third kappa shape index (κ3) is 4.70. The second kappa shape index (κ2) is 8.75. The number of rotatable bonds is 6. The molecule has 0 aliphatic carbocycles. The number of hydrogen-bond acceptors (Lipinski definition) is 5. The molecule has 0 spiro atoms. The minimum atomic E-state index is 0.0105. The summed E-state index contributed by atoms with van der Waals surface area (Å²) in [6.07, 6.45) is 3.92. The van der Waals surface area contributed by atoms with E-state index in [1.54, 1.807) is 20.4 Å². The smallest absolute Gasteiger partial charge is 0.272 e. The molecular weight excluding hydrogens is 342 g/mol. The van der Waals surface area contributed by atoms with Crippen LogP contribution >= 0.6 is 0 Å². The fourth-order valence-corrected chi connectivity index (χ4v) is 3.39. The highest BCUT2D eigenvalue weighted by molar-refractivity contribution is 5.93. The molecule has 0 bridgehead atoms. The highest BCUT2D eigenvalue weighted by atomic mass is 16.5. The lowest BCUT2D eigenvalue weighted by Crippen LogP contribution is -2.39. The van der Waals surface area contributed by atoms with Crippen molar-refractivity contribution < 1.29 is 14.3 Å². The Labute approximate surface area is 160 Å². The van der Waals surface area contributed by atoms with Crippen LogP contribution in [0.2, 0.25) is 0 Å².